The summed E-state index contributed by atoms with van der Waals surface area (Å²) in [7, 11) is 0. The van der Waals surface area contributed by atoms with Crippen LogP contribution in [0.1, 0.15) is 19.3 Å². The van der Waals surface area contributed by atoms with Crippen molar-refractivity contribution in [3.05, 3.63) is 22.5 Å². The number of aliphatic hydroxyl groups excluding tert-OH is 1. The zero-order valence-corrected chi connectivity index (χ0v) is 7.59. The molecule has 0 bridgehead atoms. The molecule has 1 aliphatic rings. The maximum absolute atomic E-state index is 10.4. The van der Waals surface area contributed by atoms with Gasteiger partial charge in [0.25, 0.3) is 0 Å². The van der Waals surface area contributed by atoms with Crippen LogP contribution in [0.5, 0.6) is 0 Å². The van der Waals surface area contributed by atoms with Gasteiger partial charge in [0, 0.05) is 0 Å². The highest BCUT2D eigenvalue weighted by Gasteiger charge is 2.39. The van der Waals surface area contributed by atoms with E-state index in [0.29, 0.717) is 0 Å². The SMILES string of the molecule is O=[N+]([O-])c1cnn(C2(CO)CCC2)c1. The van der Waals surface area contributed by atoms with E-state index in [1.807, 2.05) is 0 Å². The van der Waals surface area contributed by atoms with Gasteiger partial charge in [-0.25, -0.2) is 0 Å². The van der Waals surface area contributed by atoms with Gasteiger partial charge in [0.2, 0.25) is 0 Å². The highest BCUT2D eigenvalue weighted by atomic mass is 16.6. The van der Waals surface area contributed by atoms with Crippen LogP contribution >= 0.6 is 0 Å². The minimum absolute atomic E-state index is 0.00810. The number of aromatic nitrogens is 2. The van der Waals surface area contributed by atoms with Crippen molar-refractivity contribution in [1.29, 1.82) is 0 Å². The molecule has 2 rings (SSSR count). The standard InChI is InChI=1S/C8H11N3O3/c12-6-8(2-1-3-8)10-5-7(4-9-10)11(13)14/h4-5,12H,1-3,6H2. The molecule has 0 atom stereocenters. The fraction of sp³-hybridized carbons (Fsp3) is 0.625. The van der Waals surface area contributed by atoms with E-state index < -0.39 is 4.92 Å². The summed E-state index contributed by atoms with van der Waals surface area (Å²) < 4.78 is 1.52. The van der Waals surface area contributed by atoms with Gasteiger partial charge in [0.05, 0.1) is 17.1 Å². The Morgan fingerprint density at radius 2 is 2.43 bits per heavy atom. The summed E-state index contributed by atoms with van der Waals surface area (Å²) in [6.07, 6.45) is 5.31. The van der Waals surface area contributed by atoms with Gasteiger partial charge >= 0.3 is 5.69 Å². The van der Waals surface area contributed by atoms with E-state index >= 15 is 0 Å². The molecule has 0 unspecified atom stereocenters. The van der Waals surface area contributed by atoms with E-state index in [1.165, 1.54) is 17.1 Å². The van der Waals surface area contributed by atoms with Crippen LogP contribution in [0.3, 0.4) is 0 Å². The summed E-state index contributed by atoms with van der Waals surface area (Å²) in [5.41, 5.74) is -0.404. The van der Waals surface area contributed by atoms with Crippen LogP contribution in [0.15, 0.2) is 12.4 Å². The van der Waals surface area contributed by atoms with Crippen molar-refractivity contribution in [2.24, 2.45) is 0 Å². The lowest BCUT2D eigenvalue weighted by molar-refractivity contribution is -0.385. The molecule has 0 saturated heterocycles. The van der Waals surface area contributed by atoms with E-state index in [4.69, 9.17) is 0 Å². The van der Waals surface area contributed by atoms with Crippen LogP contribution in [-0.2, 0) is 5.54 Å². The molecule has 1 fully saturated rings. The summed E-state index contributed by atoms with van der Waals surface area (Å²) in [6, 6.07) is 0. The van der Waals surface area contributed by atoms with Gasteiger partial charge in [-0.1, -0.05) is 0 Å². The lowest BCUT2D eigenvalue weighted by Gasteiger charge is -2.40. The average Bonchev–Trinajstić information content (AvgIpc) is 2.52. The van der Waals surface area contributed by atoms with Crippen LogP contribution in [0.25, 0.3) is 0 Å². The second kappa shape index (κ2) is 3.06. The molecule has 0 amide bonds. The molecule has 1 aromatic rings. The molecule has 76 valence electrons. The molecule has 0 aliphatic heterocycles. The smallest absolute Gasteiger partial charge is 0.307 e. The van der Waals surface area contributed by atoms with Gasteiger partial charge in [-0.3, -0.25) is 14.8 Å². The minimum Gasteiger partial charge on any atom is -0.394 e. The summed E-state index contributed by atoms with van der Waals surface area (Å²) in [6.45, 7) is -0.00810. The minimum atomic E-state index is -0.479. The van der Waals surface area contributed by atoms with Crippen molar-refractivity contribution in [2.45, 2.75) is 24.8 Å². The maximum atomic E-state index is 10.4. The van der Waals surface area contributed by atoms with Crippen LogP contribution in [0, 0.1) is 10.1 Å². The molecule has 1 N–H and O–H groups in total. The van der Waals surface area contributed by atoms with Crippen molar-refractivity contribution < 1.29 is 10.0 Å². The molecule has 1 aliphatic carbocycles. The zero-order chi connectivity index (χ0) is 10.2. The molecule has 6 nitrogen and oxygen atoms in total. The Balaban J connectivity index is 2.27. The molecular weight excluding hydrogens is 186 g/mol. The summed E-state index contributed by atoms with van der Waals surface area (Å²) in [5.74, 6) is 0. The predicted octanol–water partition coefficient (Wildman–Crippen LogP) is 0.663. The number of nitro groups is 1. The fourth-order valence-corrected chi connectivity index (χ4v) is 1.71. The van der Waals surface area contributed by atoms with Gasteiger partial charge in [0.15, 0.2) is 0 Å². The van der Waals surface area contributed by atoms with Crippen molar-refractivity contribution in [1.82, 2.24) is 9.78 Å². The second-order valence-corrected chi connectivity index (χ2v) is 3.64. The summed E-state index contributed by atoms with van der Waals surface area (Å²) in [4.78, 5) is 9.95. The first-order chi connectivity index (χ1) is 6.68. The zero-order valence-electron chi connectivity index (χ0n) is 7.59. The lowest BCUT2D eigenvalue weighted by Crippen LogP contribution is -2.44. The van der Waals surface area contributed by atoms with Crippen LogP contribution in [0.4, 0.5) is 5.69 Å². The molecule has 14 heavy (non-hydrogen) atoms. The van der Waals surface area contributed by atoms with Gasteiger partial charge < -0.3 is 5.11 Å². The van der Waals surface area contributed by atoms with Gasteiger partial charge in [0.1, 0.15) is 12.4 Å². The lowest BCUT2D eigenvalue weighted by atomic mass is 9.77. The Hall–Kier alpha value is -1.43. The molecule has 1 saturated carbocycles. The second-order valence-electron chi connectivity index (χ2n) is 3.64. The number of aliphatic hydroxyl groups is 1. The molecule has 1 heterocycles. The molecule has 0 aromatic carbocycles. The first-order valence-electron chi connectivity index (χ1n) is 4.48. The number of nitrogens with zero attached hydrogens (tertiary/aromatic N) is 3. The van der Waals surface area contributed by atoms with Crippen LogP contribution in [-0.4, -0.2) is 26.4 Å². The highest BCUT2D eigenvalue weighted by molar-refractivity contribution is 5.22. The van der Waals surface area contributed by atoms with E-state index in [1.54, 1.807) is 0 Å². The van der Waals surface area contributed by atoms with Crippen molar-refractivity contribution in [2.75, 3.05) is 6.61 Å². The third kappa shape index (κ3) is 1.19. The topological polar surface area (TPSA) is 81.2 Å². The first-order valence-corrected chi connectivity index (χ1v) is 4.48. The van der Waals surface area contributed by atoms with E-state index in [9.17, 15) is 15.2 Å². The van der Waals surface area contributed by atoms with Crippen molar-refractivity contribution >= 4 is 5.69 Å². The molecule has 1 aromatic heterocycles. The van der Waals surface area contributed by atoms with Gasteiger partial charge in [-0.2, -0.15) is 5.10 Å². The van der Waals surface area contributed by atoms with E-state index in [-0.39, 0.29) is 17.8 Å². The average molecular weight is 197 g/mol. The normalized spacial score (nSPS) is 18.9. The third-order valence-electron chi connectivity index (χ3n) is 2.84. The van der Waals surface area contributed by atoms with Gasteiger partial charge in [-0.05, 0) is 19.3 Å². The van der Waals surface area contributed by atoms with Crippen molar-refractivity contribution in [3.8, 4) is 0 Å². The molecule has 6 heteroatoms. The fourth-order valence-electron chi connectivity index (χ4n) is 1.71. The van der Waals surface area contributed by atoms with Crippen LogP contribution in [0.2, 0.25) is 0 Å². The Morgan fingerprint density at radius 1 is 1.71 bits per heavy atom. The van der Waals surface area contributed by atoms with E-state index in [0.717, 1.165) is 19.3 Å². The summed E-state index contributed by atoms with van der Waals surface area (Å²) >= 11 is 0. The largest absolute Gasteiger partial charge is 0.394 e. The number of hydrogen-bond acceptors (Lipinski definition) is 4. The Morgan fingerprint density at radius 3 is 2.79 bits per heavy atom. The van der Waals surface area contributed by atoms with Crippen molar-refractivity contribution in [3.63, 3.8) is 0 Å². The maximum Gasteiger partial charge on any atom is 0.307 e. The first kappa shape index (κ1) is 9.14. The monoisotopic (exact) mass is 197 g/mol. The Kier molecular flexibility index (Phi) is 1.99. The summed E-state index contributed by atoms with van der Waals surface area (Å²) in [5, 5.41) is 23.6. The van der Waals surface area contributed by atoms with Gasteiger partial charge in [-0.15, -0.1) is 0 Å². The molecule has 0 spiro atoms. The number of hydrogen-bond donors (Lipinski definition) is 1. The number of rotatable bonds is 3. The van der Waals surface area contributed by atoms with E-state index in [2.05, 4.69) is 5.10 Å². The molecular formula is C8H11N3O3. The Labute approximate surface area is 80.3 Å². The Bertz CT molecular complexity index is 351. The third-order valence-corrected chi connectivity index (χ3v) is 2.84. The predicted molar refractivity (Wildman–Crippen MR) is 47.8 cm³/mol. The highest BCUT2D eigenvalue weighted by Crippen LogP contribution is 2.38. The quantitative estimate of drug-likeness (QED) is 0.570. The molecule has 0 radical (unpaired) electrons. The van der Waals surface area contributed by atoms with Crippen LogP contribution < -0.4 is 0 Å².